The first-order chi connectivity index (χ1) is 15.9. The summed E-state index contributed by atoms with van der Waals surface area (Å²) in [5.74, 6) is -0.294. The number of carbonyl (C=O) groups is 1. The second-order valence-electron chi connectivity index (χ2n) is 8.59. The van der Waals surface area contributed by atoms with Gasteiger partial charge in [-0.1, -0.05) is 31.9 Å². The number of hydrogen-bond donors (Lipinski definition) is 2. The van der Waals surface area contributed by atoms with Gasteiger partial charge in [-0.2, -0.15) is 26.3 Å². The molecule has 1 aliphatic carbocycles. The minimum absolute atomic E-state index is 0.131. The number of aromatic nitrogens is 1. The first kappa shape index (κ1) is 26.5. The molecule has 0 aliphatic heterocycles. The van der Waals surface area contributed by atoms with Crippen LogP contribution in [0.2, 0.25) is 0 Å². The van der Waals surface area contributed by atoms with Crippen LogP contribution < -0.4 is 10.6 Å². The number of amides is 1. The van der Waals surface area contributed by atoms with Gasteiger partial charge in [-0.3, -0.25) is 4.79 Å². The van der Waals surface area contributed by atoms with E-state index in [1.165, 1.54) is 31.9 Å². The molecule has 1 aromatic heterocycles. The van der Waals surface area contributed by atoms with Crippen LogP contribution in [0.4, 0.5) is 26.3 Å². The summed E-state index contributed by atoms with van der Waals surface area (Å²) in [5, 5.41) is 5.91. The molecule has 34 heavy (non-hydrogen) atoms. The predicted octanol–water partition coefficient (Wildman–Crippen LogP) is 6.38. The quantitative estimate of drug-likeness (QED) is 0.367. The second-order valence-corrected chi connectivity index (χ2v) is 9.67. The van der Waals surface area contributed by atoms with Crippen molar-refractivity contribution in [3.8, 4) is 0 Å². The lowest BCUT2D eigenvalue weighted by molar-refractivity contribution is -0.141. The Hall–Kier alpha value is -2.14. The van der Waals surface area contributed by atoms with Crippen LogP contribution in [0, 0.1) is 5.92 Å². The van der Waals surface area contributed by atoms with Crippen LogP contribution >= 0.6 is 11.3 Å². The van der Waals surface area contributed by atoms with E-state index in [1.807, 2.05) is 0 Å². The highest BCUT2D eigenvalue weighted by Crippen LogP contribution is 2.36. The molecule has 1 aliphatic rings. The molecule has 2 aromatic rings. The molecule has 2 unspecified atom stereocenters. The third-order valence-corrected chi connectivity index (χ3v) is 6.90. The van der Waals surface area contributed by atoms with Gasteiger partial charge in [0, 0.05) is 19.0 Å². The van der Waals surface area contributed by atoms with Crippen LogP contribution in [0.15, 0.2) is 24.3 Å². The van der Waals surface area contributed by atoms with E-state index in [0.717, 1.165) is 30.9 Å². The maximum atomic E-state index is 13.5. The van der Waals surface area contributed by atoms with E-state index in [2.05, 4.69) is 22.5 Å². The molecule has 0 bridgehead atoms. The van der Waals surface area contributed by atoms with Crippen LogP contribution in [0.3, 0.4) is 0 Å². The minimum Gasteiger partial charge on any atom is -0.345 e. The van der Waals surface area contributed by atoms with Gasteiger partial charge >= 0.3 is 12.4 Å². The molecule has 0 radical (unpaired) electrons. The normalized spacial score (nSPS) is 16.4. The Morgan fingerprint density at radius 1 is 1.18 bits per heavy atom. The standard InChI is InChI=1S/C23H27F6N3OS/c1-3-17(11-14-7-8-14)30-10-9-18-32-20(23(27,28)29)19(34-18)21(33)31-13(2)15-5-4-6-16(12-15)22(24,25)26/h4-6,12-14,17,30H,3,7-11H2,1-2H3,(H,31,33). The molecule has 3 rings (SSSR count). The molecule has 1 fully saturated rings. The lowest BCUT2D eigenvalue weighted by Crippen LogP contribution is -2.30. The summed E-state index contributed by atoms with van der Waals surface area (Å²) in [5.41, 5.74) is -2.04. The molecule has 1 amide bonds. The first-order valence-corrected chi connectivity index (χ1v) is 12.0. The van der Waals surface area contributed by atoms with Crippen molar-refractivity contribution in [2.24, 2.45) is 5.92 Å². The fourth-order valence-electron chi connectivity index (χ4n) is 3.68. The zero-order valence-corrected chi connectivity index (χ0v) is 19.6. The van der Waals surface area contributed by atoms with Gasteiger partial charge in [0.2, 0.25) is 0 Å². The predicted molar refractivity (Wildman–Crippen MR) is 118 cm³/mol. The number of carbonyl (C=O) groups excluding carboxylic acids is 1. The number of halogens is 6. The van der Waals surface area contributed by atoms with Gasteiger partial charge < -0.3 is 10.6 Å². The van der Waals surface area contributed by atoms with Gasteiger partial charge in [0.15, 0.2) is 5.69 Å². The molecule has 11 heteroatoms. The SMILES string of the molecule is CCC(CC1CC1)NCCc1nc(C(F)(F)F)c(C(=O)NC(C)c2cccc(C(F)(F)F)c2)s1. The summed E-state index contributed by atoms with van der Waals surface area (Å²) in [6.07, 6.45) is -4.75. The fourth-order valence-corrected chi connectivity index (χ4v) is 4.67. The van der Waals surface area contributed by atoms with Crippen LogP contribution in [0.5, 0.6) is 0 Å². The molecular weight excluding hydrogens is 480 g/mol. The van der Waals surface area contributed by atoms with Crippen molar-refractivity contribution in [1.29, 1.82) is 0 Å². The van der Waals surface area contributed by atoms with E-state index >= 15 is 0 Å². The minimum atomic E-state index is -4.83. The summed E-state index contributed by atoms with van der Waals surface area (Å²) in [7, 11) is 0. The maximum absolute atomic E-state index is 13.5. The van der Waals surface area contributed by atoms with E-state index in [-0.39, 0.29) is 17.0 Å². The van der Waals surface area contributed by atoms with E-state index < -0.39 is 40.4 Å². The summed E-state index contributed by atoms with van der Waals surface area (Å²) >= 11 is 0.661. The summed E-state index contributed by atoms with van der Waals surface area (Å²) < 4.78 is 79.5. The van der Waals surface area contributed by atoms with Crippen molar-refractivity contribution in [3.05, 3.63) is 51.0 Å². The highest BCUT2D eigenvalue weighted by Gasteiger charge is 2.40. The Balaban J connectivity index is 1.69. The average molecular weight is 508 g/mol. The molecule has 1 saturated carbocycles. The van der Waals surface area contributed by atoms with Gasteiger partial charge in [-0.15, -0.1) is 11.3 Å². The topological polar surface area (TPSA) is 54.0 Å². The van der Waals surface area contributed by atoms with Crippen LogP contribution in [0.1, 0.15) is 77.1 Å². The fraction of sp³-hybridized carbons (Fsp3) is 0.565. The third kappa shape index (κ3) is 7.18. The van der Waals surface area contributed by atoms with Gasteiger partial charge in [0.05, 0.1) is 16.6 Å². The van der Waals surface area contributed by atoms with Crippen molar-refractivity contribution >= 4 is 17.2 Å². The van der Waals surface area contributed by atoms with Crippen molar-refractivity contribution in [2.45, 2.75) is 70.4 Å². The Bertz CT molecular complexity index is 984. The van der Waals surface area contributed by atoms with Crippen molar-refractivity contribution < 1.29 is 31.1 Å². The molecule has 1 aromatic carbocycles. The Morgan fingerprint density at radius 2 is 1.88 bits per heavy atom. The summed E-state index contributed by atoms with van der Waals surface area (Å²) in [6, 6.07) is 3.68. The molecule has 4 nitrogen and oxygen atoms in total. The van der Waals surface area contributed by atoms with Crippen LogP contribution in [-0.2, 0) is 18.8 Å². The highest BCUT2D eigenvalue weighted by atomic mass is 32.1. The first-order valence-electron chi connectivity index (χ1n) is 11.2. The lowest BCUT2D eigenvalue weighted by atomic mass is 10.0. The van der Waals surface area contributed by atoms with Gasteiger partial charge in [-0.05, 0) is 43.4 Å². The van der Waals surface area contributed by atoms with E-state index in [1.54, 1.807) is 0 Å². The van der Waals surface area contributed by atoms with Crippen molar-refractivity contribution in [2.75, 3.05) is 6.54 Å². The van der Waals surface area contributed by atoms with E-state index in [9.17, 15) is 31.1 Å². The van der Waals surface area contributed by atoms with E-state index in [0.29, 0.717) is 23.9 Å². The monoisotopic (exact) mass is 507 g/mol. The third-order valence-electron chi connectivity index (χ3n) is 5.79. The zero-order chi connectivity index (χ0) is 25.1. The smallest absolute Gasteiger partial charge is 0.345 e. The number of benzene rings is 1. The Kier molecular flexibility index (Phi) is 8.28. The van der Waals surface area contributed by atoms with Crippen LogP contribution in [-0.4, -0.2) is 23.5 Å². The highest BCUT2D eigenvalue weighted by molar-refractivity contribution is 7.13. The summed E-state index contributed by atoms with van der Waals surface area (Å²) in [6.45, 7) is 3.91. The zero-order valence-electron chi connectivity index (χ0n) is 18.8. The molecule has 2 atom stereocenters. The molecule has 1 heterocycles. The number of nitrogens with one attached hydrogen (secondary N) is 2. The van der Waals surface area contributed by atoms with Crippen molar-refractivity contribution in [3.63, 3.8) is 0 Å². The number of hydrogen-bond acceptors (Lipinski definition) is 4. The van der Waals surface area contributed by atoms with Crippen LogP contribution in [0.25, 0.3) is 0 Å². The number of thiazole rings is 1. The summed E-state index contributed by atoms with van der Waals surface area (Å²) in [4.78, 5) is 15.7. The lowest BCUT2D eigenvalue weighted by Gasteiger charge is -2.16. The van der Waals surface area contributed by atoms with Gasteiger partial charge in [0.1, 0.15) is 4.88 Å². The molecular formula is C23H27F6N3OS. The van der Waals surface area contributed by atoms with Gasteiger partial charge in [0.25, 0.3) is 5.91 Å². The largest absolute Gasteiger partial charge is 0.435 e. The van der Waals surface area contributed by atoms with E-state index in [4.69, 9.17) is 0 Å². The number of alkyl halides is 6. The number of rotatable bonds is 10. The Morgan fingerprint density at radius 3 is 2.47 bits per heavy atom. The molecule has 2 N–H and O–H groups in total. The molecule has 0 saturated heterocycles. The Labute approximate surface area is 198 Å². The molecule has 188 valence electrons. The molecule has 0 spiro atoms. The maximum Gasteiger partial charge on any atom is 0.435 e. The second kappa shape index (κ2) is 10.6. The van der Waals surface area contributed by atoms with Crippen molar-refractivity contribution in [1.82, 2.24) is 15.6 Å². The number of nitrogens with zero attached hydrogens (tertiary/aromatic N) is 1. The average Bonchev–Trinajstić information content (AvgIpc) is 3.46. The van der Waals surface area contributed by atoms with Gasteiger partial charge in [-0.25, -0.2) is 4.98 Å².